The molecule has 2 aromatic carbocycles. The summed E-state index contributed by atoms with van der Waals surface area (Å²) in [5, 5.41) is 8.56. The molecule has 4 rings (SSSR count). The molecule has 0 saturated carbocycles. The smallest absolute Gasteiger partial charge is 0.276 e. The molecule has 0 aliphatic carbocycles. The van der Waals surface area contributed by atoms with Gasteiger partial charge in [0, 0.05) is 32.7 Å². The van der Waals surface area contributed by atoms with Gasteiger partial charge in [-0.3, -0.25) is 9.69 Å². The second-order valence-corrected chi connectivity index (χ2v) is 6.41. The number of rotatable bonds is 4. The normalized spacial score (nSPS) is 15.2. The number of hydrogen-bond acceptors (Lipinski definition) is 4. The van der Waals surface area contributed by atoms with Gasteiger partial charge >= 0.3 is 0 Å². The molecule has 1 aliphatic heterocycles. The Bertz CT molecular complexity index is 854. The first-order chi connectivity index (χ1) is 12.8. The van der Waals surface area contributed by atoms with Gasteiger partial charge in [-0.1, -0.05) is 48.5 Å². The van der Waals surface area contributed by atoms with Gasteiger partial charge in [-0.15, -0.1) is 5.10 Å². The average Bonchev–Trinajstić information content (AvgIpc) is 3.20. The molecule has 0 spiro atoms. The van der Waals surface area contributed by atoms with E-state index in [2.05, 4.69) is 39.4 Å². The van der Waals surface area contributed by atoms with Gasteiger partial charge in [-0.05, 0) is 17.7 Å². The van der Waals surface area contributed by atoms with Crippen molar-refractivity contribution < 1.29 is 4.79 Å². The maximum absolute atomic E-state index is 12.7. The summed E-state index contributed by atoms with van der Waals surface area (Å²) >= 11 is 0. The molecule has 1 amide bonds. The first-order valence-corrected chi connectivity index (χ1v) is 8.83. The number of carbonyl (C=O) groups is 1. The second kappa shape index (κ2) is 7.49. The van der Waals surface area contributed by atoms with Crippen LogP contribution in [-0.4, -0.2) is 56.9 Å². The molecule has 1 aliphatic rings. The molecule has 0 bridgehead atoms. The lowest BCUT2D eigenvalue weighted by Crippen LogP contribution is -2.48. The Morgan fingerprint density at radius 2 is 1.54 bits per heavy atom. The van der Waals surface area contributed by atoms with E-state index in [1.165, 1.54) is 10.4 Å². The Balaban J connectivity index is 1.36. The first kappa shape index (κ1) is 16.5. The largest absolute Gasteiger partial charge is 0.335 e. The Morgan fingerprint density at radius 3 is 2.23 bits per heavy atom. The zero-order chi connectivity index (χ0) is 17.8. The molecule has 26 heavy (non-hydrogen) atoms. The molecule has 3 aromatic rings. The van der Waals surface area contributed by atoms with Gasteiger partial charge in [0.2, 0.25) is 0 Å². The van der Waals surface area contributed by atoms with E-state index < -0.39 is 0 Å². The van der Waals surface area contributed by atoms with E-state index in [-0.39, 0.29) is 5.91 Å². The summed E-state index contributed by atoms with van der Waals surface area (Å²) < 4.78 is 0. The lowest BCUT2D eigenvalue weighted by Gasteiger charge is -2.34. The molecule has 1 fully saturated rings. The van der Waals surface area contributed by atoms with E-state index in [1.54, 1.807) is 6.20 Å². The summed E-state index contributed by atoms with van der Waals surface area (Å²) in [6, 6.07) is 20.0. The molecule has 6 heteroatoms. The third-order valence-electron chi connectivity index (χ3n) is 4.61. The van der Waals surface area contributed by atoms with Crippen LogP contribution in [0, 0.1) is 0 Å². The van der Waals surface area contributed by atoms with Crippen LogP contribution in [-0.2, 0) is 6.54 Å². The Hall–Kier alpha value is -2.99. The van der Waals surface area contributed by atoms with Gasteiger partial charge in [-0.25, -0.2) is 0 Å². The van der Waals surface area contributed by atoms with Crippen LogP contribution in [0.2, 0.25) is 0 Å². The third kappa shape index (κ3) is 3.65. The van der Waals surface area contributed by atoms with Gasteiger partial charge in [0.25, 0.3) is 5.91 Å². The number of carbonyl (C=O) groups excluding carboxylic acids is 1. The number of para-hydroxylation sites is 1. The van der Waals surface area contributed by atoms with Crippen molar-refractivity contribution >= 4 is 5.91 Å². The van der Waals surface area contributed by atoms with Crippen LogP contribution in [0.1, 0.15) is 16.1 Å². The van der Waals surface area contributed by atoms with Crippen LogP contribution in [0.15, 0.2) is 66.9 Å². The highest BCUT2D eigenvalue weighted by Gasteiger charge is 2.24. The van der Waals surface area contributed by atoms with Crippen LogP contribution in [0.4, 0.5) is 0 Å². The topological polar surface area (TPSA) is 54.3 Å². The SMILES string of the molecule is O=C(c1cnn(-c2ccccc2)n1)N1CCN(Cc2ccccc2)CC1. The average molecular weight is 347 g/mol. The summed E-state index contributed by atoms with van der Waals surface area (Å²) in [5.41, 5.74) is 2.54. The maximum atomic E-state index is 12.7. The number of hydrogen-bond donors (Lipinski definition) is 0. The summed E-state index contributed by atoms with van der Waals surface area (Å²) in [5.74, 6) is -0.0495. The van der Waals surface area contributed by atoms with Gasteiger partial charge in [0.15, 0.2) is 5.69 Å². The Labute approximate surface area is 152 Å². The first-order valence-electron chi connectivity index (χ1n) is 8.83. The van der Waals surface area contributed by atoms with Crippen molar-refractivity contribution in [3.63, 3.8) is 0 Å². The number of nitrogens with zero attached hydrogens (tertiary/aromatic N) is 5. The lowest BCUT2D eigenvalue weighted by molar-refractivity contribution is 0.0622. The van der Waals surface area contributed by atoms with Crippen LogP contribution >= 0.6 is 0 Å². The highest BCUT2D eigenvalue weighted by molar-refractivity contribution is 5.92. The predicted octanol–water partition coefficient (Wildman–Crippen LogP) is 2.23. The van der Waals surface area contributed by atoms with Gasteiger partial charge in [0.1, 0.15) is 0 Å². The summed E-state index contributed by atoms with van der Waals surface area (Å²) in [4.78, 5) is 18.4. The highest BCUT2D eigenvalue weighted by atomic mass is 16.2. The van der Waals surface area contributed by atoms with Crippen molar-refractivity contribution in [2.75, 3.05) is 26.2 Å². The molecule has 0 unspecified atom stereocenters. The van der Waals surface area contributed by atoms with Crippen molar-refractivity contribution in [3.05, 3.63) is 78.1 Å². The van der Waals surface area contributed by atoms with Crippen LogP contribution < -0.4 is 0 Å². The zero-order valence-corrected chi connectivity index (χ0v) is 14.5. The maximum Gasteiger partial charge on any atom is 0.276 e. The molecular formula is C20H21N5O. The fraction of sp³-hybridized carbons (Fsp3) is 0.250. The van der Waals surface area contributed by atoms with Gasteiger partial charge in [0.05, 0.1) is 11.9 Å². The Morgan fingerprint density at radius 1 is 0.885 bits per heavy atom. The summed E-state index contributed by atoms with van der Waals surface area (Å²) in [7, 11) is 0. The molecule has 1 saturated heterocycles. The molecule has 1 aromatic heterocycles. The van der Waals surface area contributed by atoms with Crippen LogP contribution in [0.3, 0.4) is 0 Å². The molecular weight excluding hydrogens is 326 g/mol. The summed E-state index contributed by atoms with van der Waals surface area (Å²) in [6.45, 7) is 4.09. The number of aromatic nitrogens is 3. The fourth-order valence-electron chi connectivity index (χ4n) is 3.16. The monoisotopic (exact) mass is 347 g/mol. The second-order valence-electron chi connectivity index (χ2n) is 6.41. The van der Waals surface area contributed by atoms with E-state index in [4.69, 9.17) is 0 Å². The zero-order valence-electron chi connectivity index (χ0n) is 14.5. The molecule has 132 valence electrons. The molecule has 0 radical (unpaired) electrons. The fourth-order valence-corrected chi connectivity index (χ4v) is 3.16. The van der Waals surface area contributed by atoms with Crippen molar-refractivity contribution in [1.29, 1.82) is 0 Å². The lowest BCUT2D eigenvalue weighted by atomic mass is 10.2. The minimum Gasteiger partial charge on any atom is -0.335 e. The third-order valence-corrected chi connectivity index (χ3v) is 4.61. The number of benzene rings is 2. The van der Waals surface area contributed by atoms with Gasteiger partial charge in [-0.2, -0.15) is 9.90 Å². The van der Waals surface area contributed by atoms with Crippen molar-refractivity contribution in [2.24, 2.45) is 0 Å². The van der Waals surface area contributed by atoms with Crippen molar-refractivity contribution in [2.45, 2.75) is 6.54 Å². The highest BCUT2D eigenvalue weighted by Crippen LogP contribution is 2.11. The molecule has 0 N–H and O–H groups in total. The molecule has 2 heterocycles. The van der Waals surface area contributed by atoms with E-state index in [0.717, 1.165) is 25.3 Å². The minimum absolute atomic E-state index is 0.0495. The van der Waals surface area contributed by atoms with Crippen molar-refractivity contribution in [1.82, 2.24) is 24.8 Å². The van der Waals surface area contributed by atoms with E-state index in [0.29, 0.717) is 18.8 Å². The van der Waals surface area contributed by atoms with E-state index in [9.17, 15) is 4.79 Å². The van der Waals surface area contributed by atoms with Crippen LogP contribution in [0.25, 0.3) is 5.69 Å². The number of amides is 1. The Kier molecular flexibility index (Phi) is 4.75. The van der Waals surface area contributed by atoms with Gasteiger partial charge < -0.3 is 4.90 Å². The standard InChI is InChI=1S/C20H21N5O/c26-20(19-15-21-25(22-19)18-9-5-2-6-10-18)24-13-11-23(12-14-24)16-17-7-3-1-4-8-17/h1-10,15H,11-14,16H2. The number of piperazine rings is 1. The van der Waals surface area contributed by atoms with Crippen LogP contribution in [0.5, 0.6) is 0 Å². The quantitative estimate of drug-likeness (QED) is 0.726. The summed E-state index contributed by atoms with van der Waals surface area (Å²) in [6.07, 6.45) is 1.55. The van der Waals surface area contributed by atoms with Crippen molar-refractivity contribution in [3.8, 4) is 5.69 Å². The molecule has 0 atom stereocenters. The van der Waals surface area contributed by atoms with E-state index in [1.807, 2.05) is 41.3 Å². The minimum atomic E-state index is -0.0495. The molecule has 6 nitrogen and oxygen atoms in total. The van der Waals surface area contributed by atoms with E-state index >= 15 is 0 Å². The predicted molar refractivity (Wildman–Crippen MR) is 99.0 cm³/mol.